The lowest BCUT2D eigenvalue weighted by molar-refractivity contribution is 0.0468. The highest BCUT2D eigenvalue weighted by Crippen LogP contribution is 2.22. The number of nitrogens with one attached hydrogen (secondary N) is 1. The zero-order valence-electron chi connectivity index (χ0n) is 15.3. The topological polar surface area (TPSA) is 56.2 Å². The Morgan fingerprint density at radius 3 is 2.68 bits per heavy atom. The number of ether oxygens (including phenoxy) is 1. The summed E-state index contributed by atoms with van der Waals surface area (Å²) in [6.07, 6.45) is 3.87. The van der Waals surface area contributed by atoms with Gasteiger partial charge in [0, 0.05) is 29.1 Å². The average Bonchev–Trinajstić information content (AvgIpc) is 3.40. The summed E-state index contributed by atoms with van der Waals surface area (Å²) >= 11 is 1.48. The Labute approximate surface area is 167 Å². The van der Waals surface area contributed by atoms with Gasteiger partial charge in [0.05, 0.1) is 11.3 Å². The lowest BCUT2D eigenvalue weighted by Gasteiger charge is -2.06. The predicted molar refractivity (Wildman–Crippen MR) is 111 cm³/mol. The summed E-state index contributed by atoms with van der Waals surface area (Å²) in [6.45, 7) is 2.19. The minimum Gasteiger partial charge on any atom is -0.456 e. The number of aryl methyl sites for hydroxylation is 1. The van der Waals surface area contributed by atoms with Crippen molar-refractivity contribution < 1.29 is 9.53 Å². The second kappa shape index (κ2) is 8.10. The van der Waals surface area contributed by atoms with E-state index >= 15 is 0 Å². The van der Waals surface area contributed by atoms with Crippen molar-refractivity contribution in [1.29, 1.82) is 0 Å². The molecule has 0 spiro atoms. The first kappa shape index (κ1) is 18.0. The molecule has 1 N–H and O–H groups in total. The zero-order valence-corrected chi connectivity index (χ0v) is 16.1. The van der Waals surface area contributed by atoms with E-state index in [2.05, 4.69) is 10.3 Å². The Morgan fingerprint density at radius 1 is 1.11 bits per heavy atom. The van der Waals surface area contributed by atoms with E-state index in [4.69, 9.17) is 4.74 Å². The van der Waals surface area contributed by atoms with Crippen LogP contribution in [0, 0.1) is 6.92 Å². The largest absolute Gasteiger partial charge is 0.456 e. The van der Waals surface area contributed by atoms with Crippen LogP contribution in [0.3, 0.4) is 0 Å². The van der Waals surface area contributed by atoms with Crippen LogP contribution >= 0.6 is 11.3 Å². The molecule has 2 aromatic carbocycles. The standard InChI is InChI=1S/C22H19N3O2S/c1-16-7-9-18(10-8-16)23-22-24-19(15-28-22)14-27-21(26)17-5-4-6-20(13-17)25-11-2-3-12-25/h2-13,15H,14H2,1H3,(H,23,24). The van der Waals surface area contributed by atoms with Gasteiger partial charge in [-0.3, -0.25) is 0 Å². The summed E-state index contributed by atoms with van der Waals surface area (Å²) in [7, 11) is 0. The second-order valence-electron chi connectivity index (χ2n) is 6.35. The molecule has 0 bridgehead atoms. The molecule has 5 nitrogen and oxygen atoms in total. The van der Waals surface area contributed by atoms with Gasteiger partial charge in [-0.15, -0.1) is 11.3 Å². The third-order valence-electron chi connectivity index (χ3n) is 4.19. The number of carbonyl (C=O) groups excluding carboxylic acids is 1. The minimum absolute atomic E-state index is 0.138. The Bertz CT molecular complexity index is 1070. The normalized spacial score (nSPS) is 10.6. The number of benzene rings is 2. The van der Waals surface area contributed by atoms with E-state index in [1.165, 1.54) is 16.9 Å². The highest BCUT2D eigenvalue weighted by Gasteiger charge is 2.10. The van der Waals surface area contributed by atoms with E-state index in [1.54, 1.807) is 6.07 Å². The van der Waals surface area contributed by atoms with Crippen molar-refractivity contribution in [3.8, 4) is 5.69 Å². The molecular weight excluding hydrogens is 370 g/mol. The molecule has 4 aromatic rings. The lowest BCUT2D eigenvalue weighted by Crippen LogP contribution is -2.06. The van der Waals surface area contributed by atoms with Gasteiger partial charge in [-0.25, -0.2) is 9.78 Å². The Morgan fingerprint density at radius 2 is 1.89 bits per heavy atom. The van der Waals surface area contributed by atoms with Crippen molar-refractivity contribution in [1.82, 2.24) is 9.55 Å². The van der Waals surface area contributed by atoms with Crippen molar-refractivity contribution in [2.45, 2.75) is 13.5 Å². The van der Waals surface area contributed by atoms with E-state index < -0.39 is 0 Å². The molecule has 140 valence electrons. The molecule has 28 heavy (non-hydrogen) atoms. The lowest BCUT2D eigenvalue weighted by atomic mass is 10.2. The number of carbonyl (C=O) groups is 1. The third-order valence-corrected chi connectivity index (χ3v) is 5.00. The SMILES string of the molecule is Cc1ccc(Nc2nc(COC(=O)c3cccc(-n4cccc4)c3)cs2)cc1. The highest BCUT2D eigenvalue weighted by molar-refractivity contribution is 7.13. The monoisotopic (exact) mass is 389 g/mol. The fraction of sp³-hybridized carbons (Fsp3) is 0.0909. The fourth-order valence-electron chi connectivity index (χ4n) is 2.71. The number of esters is 1. The first-order valence-corrected chi connectivity index (χ1v) is 9.74. The van der Waals surface area contributed by atoms with Gasteiger partial charge in [0.1, 0.15) is 6.61 Å². The molecular formula is C22H19N3O2S. The first-order chi connectivity index (χ1) is 13.7. The third kappa shape index (κ3) is 4.29. The molecule has 0 fully saturated rings. The van der Waals surface area contributed by atoms with Crippen LogP contribution in [0.25, 0.3) is 5.69 Å². The van der Waals surface area contributed by atoms with E-state index in [9.17, 15) is 4.79 Å². The number of anilines is 2. The fourth-order valence-corrected chi connectivity index (χ4v) is 3.43. The van der Waals surface area contributed by atoms with Crippen LogP contribution < -0.4 is 5.32 Å². The quantitative estimate of drug-likeness (QED) is 0.452. The van der Waals surface area contributed by atoms with Crippen molar-refractivity contribution in [3.63, 3.8) is 0 Å². The van der Waals surface area contributed by atoms with E-state index in [-0.39, 0.29) is 12.6 Å². The number of nitrogens with zero attached hydrogens (tertiary/aromatic N) is 2. The zero-order chi connectivity index (χ0) is 19.3. The van der Waals surface area contributed by atoms with Gasteiger partial charge in [0.2, 0.25) is 0 Å². The molecule has 0 aliphatic heterocycles. The van der Waals surface area contributed by atoms with Crippen LogP contribution in [0.5, 0.6) is 0 Å². The van der Waals surface area contributed by atoms with Crippen molar-refractivity contribution in [2.24, 2.45) is 0 Å². The summed E-state index contributed by atoms with van der Waals surface area (Å²) in [5.41, 5.74) is 4.33. The summed E-state index contributed by atoms with van der Waals surface area (Å²) in [5, 5.41) is 5.92. The minimum atomic E-state index is -0.366. The Hall–Kier alpha value is -3.38. The molecule has 6 heteroatoms. The van der Waals surface area contributed by atoms with Gasteiger partial charge in [0.15, 0.2) is 5.13 Å². The first-order valence-electron chi connectivity index (χ1n) is 8.86. The molecule has 4 rings (SSSR count). The molecule has 2 aromatic heterocycles. The average molecular weight is 389 g/mol. The summed E-state index contributed by atoms with van der Waals surface area (Å²) < 4.78 is 7.38. The van der Waals surface area contributed by atoms with E-state index in [0.29, 0.717) is 5.56 Å². The molecule has 0 saturated carbocycles. The van der Waals surface area contributed by atoms with Gasteiger partial charge >= 0.3 is 5.97 Å². The molecule has 0 aliphatic carbocycles. The maximum Gasteiger partial charge on any atom is 0.338 e. The Kier molecular flexibility index (Phi) is 5.21. The van der Waals surface area contributed by atoms with Crippen molar-refractivity contribution in [3.05, 3.63) is 95.3 Å². The molecule has 0 saturated heterocycles. The van der Waals surface area contributed by atoms with Crippen LogP contribution in [0.1, 0.15) is 21.6 Å². The molecule has 0 aliphatic rings. The molecule has 2 heterocycles. The molecule has 0 atom stereocenters. The maximum atomic E-state index is 12.4. The summed E-state index contributed by atoms with van der Waals surface area (Å²) in [5.74, 6) is -0.366. The molecule has 0 amide bonds. The van der Waals surface area contributed by atoms with Gasteiger partial charge in [-0.2, -0.15) is 0 Å². The highest BCUT2D eigenvalue weighted by atomic mass is 32.1. The van der Waals surface area contributed by atoms with E-state index in [1.807, 2.05) is 83.9 Å². The summed E-state index contributed by atoms with van der Waals surface area (Å²) in [4.78, 5) is 16.9. The Balaban J connectivity index is 1.37. The number of aromatic nitrogens is 2. The van der Waals surface area contributed by atoms with Crippen LogP contribution in [-0.2, 0) is 11.3 Å². The predicted octanol–water partition coefficient (Wildman–Crippen LogP) is 5.34. The maximum absolute atomic E-state index is 12.4. The van der Waals surface area contributed by atoms with Gasteiger partial charge < -0.3 is 14.6 Å². The summed E-state index contributed by atoms with van der Waals surface area (Å²) in [6, 6.07) is 19.3. The number of hydrogen-bond donors (Lipinski definition) is 1. The van der Waals surface area contributed by atoms with E-state index in [0.717, 1.165) is 22.2 Å². The van der Waals surface area contributed by atoms with Crippen LogP contribution in [-0.4, -0.2) is 15.5 Å². The smallest absolute Gasteiger partial charge is 0.338 e. The second-order valence-corrected chi connectivity index (χ2v) is 7.21. The van der Waals surface area contributed by atoms with Crippen LogP contribution in [0.4, 0.5) is 10.8 Å². The van der Waals surface area contributed by atoms with Crippen molar-refractivity contribution >= 4 is 28.1 Å². The van der Waals surface area contributed by atoms with Gasteiger partial charge in [-0.1, -0.05) is 23.8 Å². The van der Waals surface area contributed by atoms with Gasteiger partial charge in [-0.05, 0) is 49.4 Å². The number of hydrogen-bond acceptors (Lipinski definition) is 5. The van der Waals surface area contributed by atoms with Crippen LogP contribution in [0.2, 0.25) is 0 Å². The number of thiazole rings is 1. The van der Waals surface area contributed by atoms with Gasteiger partial charge in [0.25, 0.3) is 0 Å². The van der Waals surface area contributed by atoms with Crippen LogP contribution in [0.15, 0.2) is 78.4 Å². The molecule has 0 unspecified atom stereocenters. The molecule has 0 radical (unpaired) electrons. The van der Waals surface area contributed by atoms with Crippen molar-refractivity contribution in [2.75, 3.05) is 5.32 Å². The number of rotatable bonds is 6.